The van der Waals surface area contributed by atoms with Gasteiger partial charge in [0.05, 0.1) is 24.9 Å². The summed E-state index contributed by atoms with van der Waals surface area (Å²) in [6.45, 7) is 3.26. The van der Waals surface area contributed by atoms with Crippen LogP contribution in [0, 0.1) is 5.41 Å². The molecule has 0 spiro atoms. The van der Waals surface area contributed by atoms with Gasteiger partial charge in [-0.1, -0.05) is 0 Å². The SMILES string of the molecule is COCC(=O)N1CC[C@H]2N(S(C)(=O)=O)CC[C@@]2(C(=O)N2CCOCC2)CC1. The van der Waals surface area contributed by atoms with E-state index >= 15 is 0 Å². The topological polar surface area (TPSA) is 96.5 Å². The molecule has 3 fully saturated rings. The quantitative estimate of drug-likeness (QED) is 0.606. The molecule has 154 valence electrons. The van der Waals surface area contributed by atoms with Crippen LogP contribution in [0.4, 0.5) is 0 Å². The van der Waals surface area contributed by atoms with Crippen molar-refractivity contribution >= 4 is 21.8 Å². The molecule has 3 heterocycles. The number of hydrogen-bond donors (Lipinski definition) is 0. The summed E-state index contributed by atoms with van der Waals surface area (Å²) < 4.78 is 36.5. The molecule has 3 saturated heterocycles. The highest BCUT2D eigenvalue weighted by atomic mass is 32.2. The highest BCUT2D eigenvalue weighted by molar-refractivity contribution is 7.88. The van der Waals surface area contributed by atoms with E-state index in [1.165, 1.54) is 17.7 Å². The van der Waals surface area contributed by atoms with Gasteiger partial charge in [-0.2, -0.15) is 4.31 Å². The average Bonchev–Trinajstić information content (AvgIpc) is 2.92. The zero-order chi connectivity index (χ0) is 19.7. The number of rotatable bonds is 4. The van der Waals surface area contributed by atoms with Gasteiger partial charge < -0.3 is 19.3 Å². The second-order valence-corrected chi connectivity index (χ2v) is 9.49. The molecule has 9 nitrogen and oxygen atoms in total. The number of hydrogen-bond acceptors (Lipinski definition) is 6. The highest BCUT2D eigenvalue weighted by Crippen LogP contribution is 2.46. The van der Waals surface area contributed by atoms with Crippen molar-refractivity contribution in [2.24, 2.45) is 5.41 Å². The van der Waals surface area contributed by atoms with Crippen LogP contribution >= 0.6 is 0 Å². The monoisotopic (exact) mass is 403 g/mol. The van der Waals surface area contributed by atoms with Crippen LogP contribution in [0.3, 0.4) is 0 Å². The molecular formula is C17H29N3O6S. The van der Waals surface area contributed by atoms with Crippen LogP contribution in [0.25, 0.3) is 0 Å². The number of amides is 2. The van der Waals surface area contributed by atoms with Crippen molar-refractivity contribution in [3.8, 4) is 0 Å². The maximum absolute atomic E-state index is 13.5. The number of carbonyl (C=O) groups excluding carboxylic acids is 2. The molecule has 0 radical (unpaired) electrons. The lowest BCUT2D eigenvalue weighted by Crippen LogP contribution is -2.54. The molecule has 0 bridgehead atoms. The Hall–Kier alpha value is -1.23. The van der Waals surface area contributed by atoms with E-state index < -0.39 is 21.5 Å². The summed E-state index contributed by atoms with van der Waals surface area (Å²) in [5, 5.41) is 0. The third-order valence-electron chi connectivity index (χ3n) is 6.03. The Kier molecular flexibility index (Phi) is 6.09. The minimum absolute atomic E-state index is 0.00277. The van der Waals surface area contributed by atoms with Crippen molar-refractivity contribution in [2.75, 3.05) is 65.9 Å². The van der Waals surface area contributed by atoms with Crippen LogP contribution in [-0.2, 0) is 29.1 Å². The van der Waals surface area contributed by atoms with Gasteiger partial charge in [-0.05, 0) is 19.3 Å². The molecule has 0 unspecified atom stereocenters. The van der Waals surface area contributed by atoms with E-state index in [-0.39, 0.29) is 18.4 Å². The number of likely N-dealkylation sites (tertiary alicyclic amines) is 1. The van der Waals surface area contributed by atoms with E-state index in [4.69, 9.17) is 9.47 Å². The van der Waals surface area contributed by atoms with Gasteiger partial charge >= 0.3 is 0 Å². The lowest BCUT2D eigenvalue weighted by molar-refractivity contribution is -0.148. The maximum atomic E-state index is 13.5. The van der Waals surface area contributed by atoms with Crippen molar-refractivity contribution in [3.63, 3.8) is 0 Å². The molecule has 0 aromatic rings. The highest BCUT2D eigenvalue weighted by Gasteiger charge is 2.57. The summed E-state index contributed by atoms with van der Waals surface area (Å²) in [4.78, 5) is 29.3. The van der Waals surface area contributed by atoms with Crippen molar-refractivity contribution in [3.05, 3.63) is 0 Å². The van der Waals surface area contributed by atoms with Gasteiger partial charge in [0.1, 0.15) is 6.61 Å². The second-order valence-electron chi connectivity index (χ2n) is 7.55. The van der Waals surface area contributed by atoms with Crippen LogP contribution in [0.5, 0.6) is 0 Å². The zero-order valence-corrected chi connectivity index (χ0v) is 16.9. The number of ether oxygens (including phenoxy) is 2. The largest absolute Gasteiger partial charge is 0.378 e. The molecule has 3 rings (SSSR count). The van der Waals surface area contributed by atoms with Gasteiger partial charge in [0.15, 0.2) is 0 Å². The number of methoxy groups -OCH3 is 1. The van der Waals surface area contributed by atoms with Crippen LogP contribution in [-0.4, -0.2) is 106 Å². The third-order valence-corrected chi connectivity index (χ3v) is 7.32. The summed E-state index contributed by atoms with van der Waals surface area (Å²) in [6, 6.07) is -0.414. The standard InChI is InChI=1S/C17H29N3O6S/c1-25-13-15(21)18-6-3-14-17(4-7-18,5-8-20(14)27(2,23)24)16(22)19-9-11-26-12-10-19/h14H,3-13H2,1-2H3/t14-,17+/m1/s1. The van der Waals surface area contributed by atoms with Crippen molar-refractivity contribution in [1.82, 2.24) is 14.1 Å². The lowest BCUT2D eigenvalue weighted by Gasteiger charge is -2.39. The molecule has 0 saturated carbocycles. The van der Waals surface area contributed by atoms with Gasteiger partial charge in [0.2, 0.25) is 21.8 Å². The van der Waals surface area contributed by atoms with Crippen molar-refractivity contribution < 1.29 is 27.5 Å². The summed E-state index contributed by atoms with van der Waals surface area (Å²) >= 11 is 0. The maximum Gasteiger partial charge on any atom is 0.248 e. The first-order valence-corrected chi connectivity index (χ1v) is 11.2. The fourth-order valence-corrected chi connectivity index (χ4v) is 5.84. The first kappa shape index (κ1) is 20.5. The number of sulfonamides is 1. The lowest BCUT2D eigenvalue weighted by atomic mass is 9.75. The summed E-state index contributed by atoms with van der Waals surface area (Å²) in [5.74, 6) is -0.125. The summed E-state index contributed by atoms with van der Waals surface area (Å²) in [5.41, 5.74) is -0.775. The van der Waals surface area contributed by atoms with E-state index in [0.29, 0.717) is 65.2 Å². The molecule has 10 heteroatoms. The third kappa shape index (κ3) is 3.98. The van der Waals surface area contributed by atoms with Gasteiger partial charge in [-0.15, -0.1) is 0 Å². The Labute approximate surface area is 160 Å². The molecule has 0 aromatic carbocycles. The minimum Gasteiger partial charge on any atom is -0.378 e. The summed E-state index contributed by atoms with van der Waals surface area (Å²) in [6.07, 6.45) is 2.61. The van der Waals surface area contributed by atoms with Crippen molar-refractivity contribution in [2.45, 2.75) is 25.3 Å². The molecule has 2 atom stereocenters. The molecule has 0 aliphatic carbocycles. The Balaban J connectivity index is 1.89. The minimum atomic E-state index is -3.43. The van der Waals surface area contributed by atoms with Gasteiger partial charge in [0, 0.05) is 45.9 Å². The predicted octanol–water partition coefficient (Wildman–Crippen LogP) is -0.866. The smallest absolute Gasteiger partial charge is 0.248 e. The molecule has 0 aromatic heterocycles. The van der Waals surface area contributed by atoms with Crippen LogP contribution in [0.1, 0.15) is 19.3 Å². The molecular weight excluding hydrogens is 374 g/mol. The van der Waals surface area contributed by atoms with E-state index in [1.807, 2.05) is 0 Å². The van der Waals surface area contributed by atoms with Gasteiger partial charge in [0.25, 0.3) is 0 Å². The normalized spacial score (nSPS) is 30.1. The Bertz CT molecular complexity index is 678. The van der Waals surface area contributed by atoms with Gasteiger partial charge in [-0.25, -0.2) is 8.42 Å². The molecule has 0 N–H and O–H groups in total. The second kappa shape index (κ2) is 8.02. The zero-order valence-electron chi connectivity index (χ0n) is 16.1. The Morgan fingerprint density at radius 2 is 1.74 bits per heavy atom. The first-order chi connectivity index (χ1) is 12.8. The predicted molar refractivity (Wildman–Crippen MR) is 97.5 cm³/mol. The Morgan fingerprint density at radius 3 is 2.37 bits per heavy atom. The Morgan fingerprint density at radius 1 is 1.07 bits per heavy atom. The number of carbonyl (C=O) groups is 2. The van der Waals surface area contributed by atoms with Crippen molar-refractivity contribution in [1.29, 1.82) is 0 Å². The van der Waals surface area contributed by atoms with E-state index in [1.54, 1.807) is 9.80 Å². The van der Waals surface area contributed by atoms with Crippen LogP contribution < -0.4 is 0 Å². The van der Waals surface area contributed by atoms with Gasteiger partial charge in [-0.3, -0.25) is 9.59 Å². The fourth-order valence-electron chi connectivity index (χ4n) is 4.64. The van der Waals surface area contributed by atoms with E-state index in [9.17, 15) is 18.0 Å². The number of nitrogens with zero attached hydrogens (tertiary/aromatic N) is 3. The van der Waals surface area contributed by atoms with E-state index in [0.717, 1.165) is 0 Å². The summed E-state index contributed by atoms with van der Waals surface area (Å²) in [7, 11) is -1.96. The molecule has 2 amide bonds. The molecule has 3 aliphatic rings. The first-order valence-electron chi connectivity index (χ1n) is 9.40. The van der Waals surface area contributed by atoms with Crippen LogP contribution in [0.15, 0.2) is 0 Å². The number of fused-ring (bicyclic) bond motifs is 1. The molecule has 3 aliphatic heterocycles. The van der Waals surface area contributed by atoms with E-state index in [2.05, 4.69) is 0 Å². The molecule has 27 heavy (non-hydrogen) atoms. The number of morpholine rings is 1. The van der Waals surface area contributed by atoms with Crippen LogP contribution in [0.2, 0.25) is 0 Å². The fraction of sp³-hybridized carbons (Fsp3) is 0.882. The average molecular weight is 404 g/mol.